The minimum atomic E-state index is 0.802. The first-order chi connectivity index (χ1) is 7.72. The molecule has 90 valence electrons. The van der Waals surface area contributed by atoms with Gasteiger partial charge in [0, 0.05) is 24.3 Å². The van der Waals surface area contributed by atoms with E-state index in [1.807, 2.05) is 18.5 Å². The molecule has 0 radical (unpaired) electrons. The molecule has 0 aromatic carbocycles. The number of aromatic nitrogens is 1. The lowest BCUT2D eigenvalue weighted by Gasteiger charge is -2.18. The average Bonchev–Trinajstić information content (AvgIpc) is 2.28. The van der Waals surface area contributed by atoms with Crippen molar-refractivity contribution in [3.8, 4) is 0 Å². The third kappa shape index (κ3) is 5.61. The van der Waals surface area contributed by atoms with E-state index in [0.717, 1.165) is 24.3 Å². The lowest BCUT2D eigenvalue weighted by atomic mass is 10.1. The minimum Gasteiger partial charge on any atom is -0.302 e. The summed E-state index contributed by atoms with van der Waals surface area (Å²) in [5.41, 5.74) is 1.29. The van der Waals surface area contributed by atoms with Crippen LogP contribution in [0, 0.1) is 5.92 Å². The van der Waals surface area contributed by atoms with Crippen molar-refractivity contribution in [2.45, 2.75) is 26.3 Å². The first-order valence-corrected chi connectivity index (χ1v) is 6.98. The number of hydrogen-bond acceptors (Lipinski definition) is 2. The molecule has 0 spiro atoms. The molecule has 1 aromatic rings. The van der Waals surface area contributed by atoms with Crippen LogP contribution in [0.3, 0.4) is 0 Å². The Morgan fingerprint density at radius 1 is 1.44 bits per heavy atom. The first kappa shape index (κ1) is 13.7. The lowest BCUT2D eigenvalue weighted by molar-refractivity contribution is 0.296. The van der Waals surface area contributed by atoms with Crippen LogP contribution in [0.25, 0.3) is 0 Å². The summed E-state index contributed by atoms with van der Waals surface area (Å²) in [6.45, 7) is 4.47. The predicted molar refractivity (Wildman–Crippen MR) is 72.8 cm³/mol. The zero-order valence-corrected chi connectivity index (χ0v) is 11.8. The van der Waals surface area contributed by atoms with E-state index in [9.17, 15) is 0 Å². The molecular formula is C13H21BrN2. The van der Waals surface area contributed by atoms with E-state index in [0.29, 0.717) is 0 Å². The number of halogens is 1. The van der Waals surface area contributed by atoms with E-state index in [2.05, 4.69) is 45.9 Å². The van der Waals surface area contributed by atoms with Gasteiger partial charge >= 0.3 is 0 Å². The van der Waals surface area contributed by atoms with Crippen LogP contribution in [-0.2, 0) is 6.54 Å². The van der Waals surface area contributed by atoms with Gasteiger partial charge in [0.15, 0.2) is 0 Å². The monoisotopic (exact) mass is 284 g/mol. The molecule has 16 heavy (non-hydrogen) atoms. The molecule has 0 saturated carbocycles. The lowest BCUT2D eigenvalue weighted by Crippen LogP contribution is -2.21. The zero-order valence-electron chi connectivity index (χ0n) is 10.2. The third-order valence-corrected chi connectivity index (χ3v) is 3.24. The second-order valence-corrected chi connectivity index (χ2v) is 5.26. The topological polar surface area (TPSA) is 16.1 Å². The molecule has 1 heterocycles. The summed E-state index contributed by atoms with van der Waals surface area (Å²) in [4.78, 5) is 6.49. The second-order valence-electron chi connectivity index (χ2n) is 4.47. The second kappa shape index (κ2) is 7.80. The molecule has 0 aliphatic rings. The largest absolute Gasteiger partial charge is 0.302 e. The van der Waals surface area contributed by atoms with Crippen molar-refractivity contribution in [2.24, 2.45) is 5.92 Å². The van der Waals surface area contributed by atoms with Crippen LogP contribution in [0.5, 0.6) is 0 Å². The SMILES string of the molecule is CC(CCBr)CCN(C)Cc1cccnc1. The van der Waals surface area contributed by atoms with E-state index >= 15 is 0 Å². The van der Waals surface area contributed by atoms with Gasteiger partial charge in [-0.3, -0.25) is 4.98 Å². The van der Waals surface area contributed by atoms with Crippen molar-refractivity contribution in [2.75, 3.05) is 18.9 Å². The van der Waals surface area contributed by atoms with Gasteiger partial charge in [-0.15, -0.1) is 0 Å². The van der Waals surface area contributed by atoms with Gasteiger partial charge < -0.3 is 4.90 Å². The number of hydrogen-bond donors (Lipinski definition) is 0. The normalized spacial score (nSPS) is 13.0. The van der Waals surface area contributed by atoms with Crippen LogP contribution in [0.2, 0.25) is 0 Å². The van der Waals surface area contributed by atoms with Gasteiger partial charge in [0.2, 0.25) is 0 Å². The summed E-state index contributed by atoms with van der Waals surface area (Å²) in [6, 6.07) is 4.13. The molecule has 0 bridgehead atoms. The fourth-order valence-corrected chi connectivity index (χ4v) is 2.44. The molecule has 1 rings (SSSR count). The highest BCUT2D eigenvalue weighted by Crippen LogP contribution is 2.10. The van der Waals surface area contributed by atoms with Crippen LogP contribution in [-0.4, -0.2) is 28.8 Å². The Balaban J connectivity index is 2.23. The summed E-state index contributed by atoms with van der Waals surface area (Å²) in [6.07, 6.45) is 6.29. The molecule has 1 atom stereocenters. The number of rotatable bonds is 7. The van der Waals surface area contributed by atoms with Gasteiger partial charge in [0.25, 0.3) is 0 Å². The van der Waals surface area contributed by atoms with Crippen LogP contribution in [0.4, 0.5) is 0 Å². The van der Waals surface area contributed by atoms with Crippen LogP contribution >= 0.6 is 15.9 Å². The quantitative estimate of drug-likeness (QED) is 0.714. The van der Waals surface area contributed by atoms with E-state index in [4.69, 9.17) is 0 Å². The summed E-state index contributed by atoms with van der Waals surface area (Å²) < 4.78 is 0. The molecule has 1 aromatic heterocycles. The maximum absolute atomic E-state index is 4.13. The van der Waals surface area contributed by atoms with Gasteiger partial charge in [-0.05, 0) is 44.0 Å². The van der Waals surface area contributed by atoms with E-state index in [1.165, 1.54) is 18.4 Å². The number of alkyl halides is 1. The van der Waals surface area contributed by atoms with Gasteiger partial charge in [0.05, 0.1) is 0 Å². The van der Waals surface area contributed by atoms with E-state index < -0.39 is 0 Å². The Morgan fingerprint density at radius 2 is 2.25 bits per heavy atom. The summed E-state index contributed by atoms with van der Waals surface area (Å²) in [5, 5.41) is 1.11. The highest BCUT2D eigenvalue weighted by molar-refractivity contribution is 9.09. The Bertz CT molecular complexity index is 277. The van der Waals surface area contributed by atoms with Gasteiger partial charge in [-0.25, -0.2) is 0 Å². The van der Waals surface area contributed by atoms with Gasteiger partial charge in [-0.2, -0.15) is 0 Å². The van der Waals surface area contributed by atoms with Crippen molar-refractivity contribution in [3.05, 3.63) is 30.1 Å². The highest BCUT2D eigenvalue weighted by atomic mass is 79.9. The van der Waals surface area contributed by atoms with Crippen LogP contribution in [0.15, 0.2) is 24.5 Å². The number of pyridine rings is 1. The minimum absolute atomic E-state index is 0.802. The maximum Gasteiger partial charge on any atom is 0.0312 e. The molecule has 0 amide bonds. The summed E-state index contributed by atoms with van der Waals surface area (Å²) in [7, 11) is 2.17. The first-order valence-electron chi connectivity index (χ1n) is 5.85. The van der Waals surface area contributed by atoms with Gasteiger partial charge in [0.1, 0.15) is 0 Å². The summed E-state index contributed by atoms with van der Waals surface area (Å²) >= 11 is 3.49. The predicted octanol–water partition coefficient (Wildman–Crippen LogP) is 3.32. The van der Waals surface area contributed by atoms with Crippen molar-refractivity contribution in [1.82, 2.24) is 9.88 Å². The van der Waals surface area contributed by atoms with Crippen LogP contribution < -0.4 is 0 Å². The zero-order chi connectivity index (χ0) is 11.8. The molecule has 0 fully saturated rings. The highest BCUT2D eigenvalue weighted by Gasteiger charge is 2.04. The van der Waals surface area contributed by atoms with Crippen molar-refractivity contribution in [3.63, 3.8) is 0 Å². The van der Waals surface area contributed by atoms with Crippen molar-refractivity contribution >= 4 is 15.9 Å². The Kier molecular flexibility index (Phi) is 6.65. The Morgan fingerprint density at radius 3 is 2.88 bits per heavy atom. The molecular weight excluding hydrogens is 264 g/mol. The summed E-state index contributed by atoms with van der Waals surface area (Å²) in [5.74, 6) is 0.802. The Hall–Kier alpha value is -0.410. The average molecular weight is 285 g/mol. The molecule has 2 nitrogen and oxygen atoms in total. The van der Waals surface area contributed by atoms with E-state index in [1.54, 1.807) is 0 Å². The van der Waals surface area contributed by atoms with Gasteiger partial charge in [-0.1, -0.05) is 28.9 Å². The number of nitrogens with zero attached hydrogens (tertiary/aromatic N) is 2. The smallest absolute Gasteiger partial charge is 0.0312 e. The Labute approximate surface area is 107 Å². The fourth-order valence-electron chi connectivity index (χ4n) is 1.65. The van der Waals surface area contributed by atoms with Crippen LogP contribution in [0.1, 0.15) is 25.3 Å². The van der Waals surface area contributed by atoms with Crippen molar-refractivity contribution in [1.29, 1.82) is 0 Å². The van der Waals surface area contributed by atoms with Crippen molar-refractivity contribution < 1.29 is 0 Å². The molecule has 0 saturated heterocycles. The molecule has 0 aliphatic heterocycles. The fraction of sp³-hybridized carbons (Fsp3) is 0.615. The standard InChI is InChI=1S/C13H21BrN2/c1-12(5-7-14)6-9-16(2)11-13-4-3-8-15-10-13/h3-4,8,10,12H,5-7,9,11H2,1-2H3. The molecule has 0 aliphatic carbocycles. The molecule has 3 heteroatoms. The molecule has 1 unspecified atom stereocenters. The third-order valence-electron chi connectivity index (χ3n) is 2.78. The molecule has 0 N–H and O–H groups in total. The van der Waals surface area contributed by atoms with E-state index in [-0.39, 0.29) is 0 Å². The maximum atomic E-state index is 4.13.